The SMILES string of the molecule is CCc1ccc(CC(O)c2cccc3cccnc23)nc1. The number of nitrogens with zero attached hydrogens (tertiary/aromatic N) is 2. The average molecular weight is 278 g/mol. The fourth-order valence-corrected chi connectivity index (χ4v) is 2.49. The molecule has 3 heteroatoms. The van der Waals surface area contributed by atoms with E-state index >= 15 is 0 Å². The van der Waals surface area contributed by atoms with Crippen LogP contribution in [-0.2, 0) is 12.8 Å². The van der Waals surface area contributed by atoms with E-state index in [1.165, 1.54) is 5.56 Å². The molecule has 0 fully saturated rings. The highest BCUT2D eigenvalue weighted by atomic mass is 16.3. The molecule has 2 aromatic heterocycles. The first-order valence-corrected chi connectivity index (χ1v) is 7.23. The fourth-order valence-electron chi connectivity index (χ4n) is 2.49. The van der Waals surface area contributed by atoms with Crippen molar-refractivity contribution >= 4 is 10.9 Å². The molecular weight excluding hydrogens is 260 g/mol. The third kappa shape index (κ3) is 2.93. The van der Waals surface area contributed by atoms with Gasteiger partial charge in [0, 0.05) is 35.5 Å². The van der Waals surface area contributed by atoms with E-state index < -0.39 is 6.10 Å². The van der Waals surface area contributed by atoms with Crippen molar-refractivity contribution in [2.24, 2.45) is 0 Å². The Morgan fingerprint density at radius 3 is 2.67 bits per heavy atom. The molecule has 2 heterocycles. The average Bonchev–Trinajstić information content (AvgIpc) is 2.55. The maximum Gasteiger partial charge on any atom is 0.0866 e. The molecule has 3 aromatic rings. The Balaban J connectivity index is 1.88. The van der Waals surface area contributed by atoms with Crippen LogP contribution in [0.15, 0.2) is 54.9 Å². The number of hydrogen-bond acceptors (Lipinski definition) is 3. The second-order valence-corrected chi connectivity index (χ2v) is 5.15. The summed E-state index contributed by atoms with van der Waals surface area (Å²) in [6.45, 7) is 2.10. The summed E-state index contributed by atoms with van der Waals surface area (Å²) in [4.78, 5) is 8.81. The third-order valence-electron chi connectivity index (χ3n) is 3.72. The lowest BCUT2D eigenvalue weighted by atomic mass is 10.0. The van der Waals surface area contributed by atoms with Crippen LogP contribution in [0.3, 0.4) is 0 Å². The minimum atomic E-state index is -0.594. The largest absolute Gasteiger partial charge is 0.388 e. The summed E-state index contributed by atoms with van der Waals surface area (Å²) in [5.41, 5.74) is 3.82. The predicted molar refractivity (Wildman–Crippen MR) is 84.0 cm³/mol. The quantitative estimate of drug-likeness (QED) is 0.795. The molecule has 1 N–H and O–H groups in total. The van der Waals surface area contributed by atoms with Gasteiger partial charge in [-0.3, -0.25) is 9.97 Å². The molecule has 0 radical (unpaired) electrons. The van der Waals surface area contributed by atoms with E-state index in [2.05, 4.69) is 23.0 Å². The van der Waals surface area contributed by atoms with Crippen LogP contribution in [0.1, 0.15) is 29.8 Å². The summed E-state index contributed by atoms with van der Waals surface area (Å²) in [5, 5.41) is 11.6. The Morgan fingerprint density at radius 2 is 1.90 bits per heavy atom. The van der Waals surface area contributed by atoms with E-state index in [0.29, 0.717) is 6.42 Å². The third-order valence-corrected chi connectivity index (χ3v) is 3.72. The molecule has 0 saturated carbocycles. The van der Waals surface area contributed by atoms with E-state index in [9.17, 15) is 5.11 Å². The minimum Gasteiger partial charge on any atom is -0.388 e. The highest BCUT2D eigenvalue weighted by Crippen LogP contribution is 2.24. The lowest BCUT2D eigenvalue weighted by molar-refractivity contribution is 0.178. The second-order valence-electron chi connectivity index (χ2n) is 5.15. The Labute approximate surface area is 124 Å². The molecule has 3 nitrogen and oxygen atoms in total. The number of para-hydroxylation sites is 1. The van der Waals surface area contributed by atoms with Crippen molar-refractivity contribution in [2.45, 2.75) is 25.9 Å². The van der Waals surface area contributed by atoms with Gasteiger partial charge in [-0.1, -0.05) is 37.3 Å². The zero-order valence-electron chi connectivity index (χ0n) is 12.0. The van der Waals surface area contributed by atoms with Gasteiger partial charge >= 0.3 is 0 Å². The number of rotatable bonds is 4. The lowest BCUT2D eigenvalue weighted by Gasteiger charge is -2.13. The van der Waals surface area contributed by atoms with E-state index in [1.807, 2.05) is 42.6 Å². The number of aryl methyl sites for hydroxylation is 1. The van der Waals surface area contributed by atoms with Crippen molar-refractivity contribution in [3.63, 3.8) is 0 Å². The molecule has 0 amide bonds. The van der Waals surface area contributed by atoms with Crippen LogP contribution < -0.4 is 0 Å². The van der Waals surface area contributed by atoms with Crippen LogP contribution in [0.25, 0.3) is 10.9 Å². The topological polar surface area (TPSA) is 46.0 Å². The van der Waals surface area contributed by atoms with Crippen molar-refractivity contribution in [2.75, 3.05) is 0 Å². The summed E-state index contributed by atoms with van der Waals surface area (Å²) in [6.07, 6.45) is 4.52. The molecule has 1 atom stereocenters. The fraction of sp³-hybridized carbons (Fsp3) is 0.222. The van der Waals surface area contributed by atoms with Gasteiger partial charge in [0.25, 0.3) is 0 Å². The Hall–Kier alpha value is -2.26. The maximum absolute atomic E-state index is 10.5. The van der Waals surface area contributed by atoms with Gasteiger partial charge < -0.3 is 5.11 Å². The number of pyridine rings is 2. The van der Waals surface area contributed by atoms with Crippen LogP contribution in [0.5, 0.6) is 0 Å². The lowest BCUT2D eigenvalue weighted by Crippen LogP contribution is -2.05. The molecule has 1 unspecified atom stereocenters. The van der Waals surface area contributed by atoms with Crippen molar-refractivity contribution in [3.05, 3.63) is 71.7 Å². The van der Waals surface area contributed by atoms with Gasteiger partial charge in [-0.15, -0.1) is 0 Å². The van der Waals surface area contributed by atoms with Gasteiger partial charge in [0.05, 0.1) is 11.6 Å². The van der Waals surface area contributed by atoms with Crippen molar-refractivity contribution in [1.29, 1.82) is 0 Å². The van der Waals surface area contributed by atoms with E-state index in [-0.39, 0.29) is 0 Å². The molecule has 1 aromatic carbocycles. The van der Waals surface area contributed by atoms with Crippen molar-refractivity contribution in [3.8, 4) is 0 Å². The first-order chi connectivity index (χ1) is 10.3. The summed E-state index contributed by atoms with van der Waals surface area (Å²) >= 11 is 0. The molecular formula is C18H18N2O. The molecule has 0 aliphatic heterocycles. The molecule has 21 heavy (non-hydrogen) atoms. The molecule has 0 aliphatic rings. The number of aliphatic hydroxyl groups is 1. The first-order valence-electron chi connectivity index (χ1n) is 7.23. The Morgan fingerprint density at radius 1 is 1.05 bits per heavy atom. The van der Waals surface area contributed by atoms with Gasteiger partial charge in [-0.2, -0.15) is 0 Å². The summed E-state index contributed by atoms with van der Waals surface area (Å²) in [6, 6.07) is 13.9. The number of benzene rings is 1. The molecule has 106 valence electrons. The van der Waals surface area contributed by atoms with Crippen LogP contribution in [0, 0.1) is 0 Å². The number of fused-ring (bicyclic) bond motifs is 1. The molecule has 0 spiro atoms. The zero-order chi connectivity index (χ0) is 14.7. The van der Waals surface area contributed by atoms with Gasteiger partial charge in [-0.25, -0.2) is 0 Å². The normalized spacial score (nSPS) is 12.5. The van der Waals surface area contributed by atoms with Crippen molar-refractivity contribution < 1.29 is 5.11 Å². The Bertz CT molecular complexity index is 732. The molecule has 0 bridgehead atoms. The van der Waals surface area contributed by atoms with E-state index in [4.69, 9.17) is 0 Å². The monoisotopic (exact) mass is 278 g/mol. The predicted octanol–water partition coefficient (Wildman–Crippen LogP) is 3.47. The maximum atomic E-state index is 10.5. The molecule has 0 aliphatic carbocycles. The van der Waals surface area contributed by atoms with E-state index in [1.54, 1.807) is 6.20 Å². The molecule has 0 saturated heterocycles. The van der Waals surface area contributed by atoms with Crippen LogP contribution in [0.2, 0.25) is 0 Å². The molecule has 3 rings (SSSR count). The van der Waals surface area contributed by atoms with Gasteiger partial charge in [0.2, 0.25) is 0 Å². The summed E-state index contributed by atoms with van der Waals surface area (Å²) < 4.78 is 0. The van der Waals surface area contributed by atoms with Gasteiger partial charge in [0.1, 0.15) is 0 Å². The number of hydrogen-bond donors (Lipinski definition) is 1. The number of aromatic nitrogens is 2. The van der Waals surface area contributed by atoms with Crippen molar-refractivity contribution in [1.82, 2.24) is 9.97 Å². The highest BCUT2D eigenvalue weighted by molar-refractivity contribution is 5.81. The van der Waals surface area contributed by atoms with E-state index in [0.717, 1.165) is 28.6 Å². The number of aliphatic hydroxyl groups excluding tert-OH is 1. The summed E-state index contributed by atoms with van der Waals surface area (Å²) in [5.74, 6) is 0. The Kier molecular flexibility index (Phi) is 3.93. The standard InChI is InChI=1S/C18H18N2O/c1-2-13-8-9-15(20-12-13)11-17(21)16-7-3-5-14-6-4-10-19-18(14)16/h3-10,12,17,21H,2,11H2,1H3. The van der Waals surface area contributed by atoms with Crippen LogP contribution in [-0.4, -0.2) is 15.1 Å². The van der Waals surface area contributed by atoms with Crippen LogP contribution in [0.4, 0.5) is 0 Å². The smallest absolute Gasteiger partial charge is 0.0866 e. The zero-order valence-corrected chi connectivity index (χ0v) is 12.0. The second kappa shape index (κ2) is 6.02. The highest BCUT2D eigenvalue weighted by Gasteiger charge is 2.13. The summed E-state index contributed by atoms with van der Waals surface area (Å²) in [7, 11) is 0. The van der Waals surface area contributed by atoms with Gasteiger partial charge in [-0.05, 0) is 24.1 Å². The van der Waals surface area contributed by atoms with Crippen LogP contribution >= 0.6 is 0 Å². The minimum absolute atomic E-state index is 0.500. The first kappa shape index (κ1) is 13.7. The van der Waals surface area contributed by atoms with Gasteiger partial charge in [0.15, 0.2) is 0 Å².